The molecule has 0 spiro atoms. The van der Waals surface area contributed by atoms with Gasteiger partial charge in [-0.1, -0.05) is 54.6 Å². The van der Waals surface area contributed by atoms with Crippen molar-refractivity contribution in [2.24, 2.45) is 0 Å². The van der Waals surface area contributed by atoms with E-state index in [1.807, 2.05) is 54.6 Å². The van der Waals surface area contributed by atoms with Gasteiger partial charge in [0.15, 0.2) is 0 Å². The van der Waals surface area contributed by atoms with Crippen LogP contribution in [0.15, 0.2) is 78.9 Å². The first-order chi connectivity index (χ1) is 16.1. The van der Waals surface area contributed by atoms with E-state index >= 15 is 0 Å². The molecule has 5 nitrogen and oxygen atoms in total. The van der Waals surface area contributed by atoms with Crippen molar-refractivity contribution in [2.45, 2.75) is 50.4 Å². The fourth-order valence-electron chi connectivity index (χ4n) is 4.24. The van der Waals surface area contributed by atoms with Crippen LogP contribution in [0.1, 0.15) is 31.2 Å². The molecule has 0 radical (unpaired) electrons. The summed E-state index contributed by atoms with van der Waals surface area (Å²) in [6.45, 7) is 0. The van der Waals surface area contributed by atoms with Crippen LogP contribution in [0.4, 0.5) is 0 Å². The van der Waals surface area contributed by atoms with Crippen LogP contribution in [0.25, 0.3) is 11.1 Å². The molecule has 3 aromatic rings. The summed E-state index contributed by atoms with van der Waals surface area (Å²) in [5.74, 6) is 0.449. The monoisotopic (exact) mass is 468 g/mol. The van der Waals surface area contributed by atoms with E-state index in [0.29, 0.717) is 0 Å². The molecule has 1 fully saturated rings. The number of hydrogen-bond donors (Lipinski definition) is 0. The average Bonchev–Trinajstić information content (AvgIpc) is 2.84. The molecule has 0 N–H and O–H groups in total. The molecule has 1 aliphatic carbocycles. The molecule has 0 heterocycles. The minimum absolute atomic E-state index is 0. The first-order valence-corrected chi connectivity index (χ1v) is 11.4. The van der Waals surface area contributed by atoms with E-state index in [0.717, 1.165) is 42.7 Å². The third-order valence-electron chi connectivity index (χ3n) is 6.04. The van der Waals surface area contributed by atoms with Crippen molar-refractivity contribution in [3.63, 3.8) is 0 Å². The summed E-state index contributed by atoms with van der Waals surface area (Å²) in [7, 11) is 1.37. The Morgan fingerprint density at radius 2 is 1.38 bits per heavy atom. The van der Waals surface area contributed by atoms with Crippen LogP contribution in [0.2, 0.25) is 0 Å². The molecule has 1 saturated carbocycles. The number of carbonyl (C=O) groups excluding carboxylic acids is 1. The molecule has 0 unspecified atom stereocenters. The fraction of sp³-hybridized carbons (Fsp3) is 0.321. The number of carbonyl (C=O) groups is 1. The van der Waals surface area contributed by atoms with E-state index in [-0.39, 0.29) is 48.2 Å². The van der Waals surface area contributed by atoms with Crippen LogP contribution in [-0.4, -0.2) is 31.4 Å². The standard InChI is InChI=1S/C28H30O5.Na/c1-31-27(28(29)30)18-20-10-14-23(15-11-20)32-25-8-5-9-26(19-25)33-24-16-12-22(13-17-24)21-6-3-2-4-7-21;/h2-4,6-7,10-17,25-27H,5,8-9,18-19H2,1H3,(H,29,30);/q;+1/p-1/t25-,26-,27+;/m1./s1. The molecule has 1 aliphatic rings. The predicted octanol–water partition coefficient (Wildman–Crippen LogP) is 1.43. The molecule has 0 bridgehead atoms. The Kier molecular flexibility index (Phi) is 10.0. The summed E-state index contributed by atoms with van der Waals surface area (Å²) in [4.78, 5) is 11.0. The maximum Gasteiger partial charge on any atom is 1.00 e. The van der Waals surface area contributed by atoms with Crippen LogP contribution in [0.5, 0.6) is 11.5 Å². The van der Waals surface area contributed by atoms with E-state index in [4.69, 9.17) is 14.2 Å². The Morgan fingerprint density at radius 3 is 1.91 bits per heavy atom. The zero-order chi connectivity index (χ0) is 23.0. The van der Waals surface area contributed by atoms with Gasteiger partial charge in [0.1, 0.15) is 29.8 Å². The number of benzene rings is 3. The Labute approximate surface area is 223 Å². The van der Waals surface area contributed by atoms with Gasteiger partial charge in [0.2, 0.25) is 0 Å². The van der Waals surface area contributed by atoms with Gasteiger partial charge in [0, 0.05) is 20.0 Å². The minimum atomic E-state index is -1.21. The van der Waals surface area contributed by atoms with Gasteiger partial charge in [-0.2, -0.15) is 0 Å². The van der Waals surface area contributed by atoms with Crippen molar-refractivity contribution in [1.29, 1.82) is 0 Å². The van der Waals surface area contributed by atoms with Crippen LogP contribution >= 0.6 is 0 Å². The Bertz CT molecular complexity index is 1020. The van der Waals surface area contributed by atoms with E-state index < -0.39 is 12.1 Å². The third kappa shape index (κ3) is 7.34. The maximum atomic E-state index is 11.0. The molecule has 172 valence electrons. The Hall–Kier alpha value is -2.31. The van der Waals surface area contributed by atoms with E-state index in [1.54, 1.807) is 0 Å². The quantitative estimate of drug-likeness (QED) is 0.445. The first kappa shape index (κ1) is 26.3. The van der Waals surface area contributed by atoms with Gasteiger partial charge in [-0.05, 0) is 60.2 Å². The molecule has 6 heteroatoms. The zero-order valence-corrected chi connectivity index (χ0v) is 21.8. The fourth-order valence-corrected chi connectivity index (χ4v) is 4.24. The summed E-state index contributed by atoms with van der Waals surface area (Å²) < 4.78 is 17.4. The molecule has 3 aromatic carbocycles. The van der Waals surface area contributed by atoms with Crippen molar-refractivity contribution >= 4 is 5.97 Å². The molecule has 4 rings (SSSR count). The van der Waals surface area contributed by atoms with Gasteiger partial charge < -0.3 is 24.1 Å². The largest absolute Gasteiger partial charge is 1.00 e. The molecular formula is C28H29NaO5. The van der Waals surface area contributed by atoms with Crippen LogP contribution in [0, 0.1) is 0 Å². The summed E-state index contributed by atoms with van der Waals surface area (Å²) >= 11 is 0. The van der Waals surface area contributed by atoms with Gasteiger partial charge >= 0.3 is 29.6 Å². The van der Waals surface area contributed by atoms with Crippen molar-refractivity contribution in [3.05, 3.63) is 84.4 Å². The first-order valence-electron chi connectivity index (χ1n) is 11.4. The van der Waals surface area contributed by atoms with Gasteiger partial charge in [0.25, 0.3) is 0 Å². The van der Waals surface area contributed by atoms with Crippen LogP contribution in [-0.2, 0) is 16.0 Å². The molecule has 0 saturated heterocycles. The molecule has 34 heavy (non-hydrogen) atoms. The van der Waals surface area contributed by atoms with Crippen molar-refractivity contribution in [3.8, 4) is 22.6 Å². The maximum absolute atomic E-state index is 11.0. The number of hydrogen-bond acceptors (Lipinski definition) is 5. The summed E-state index contributed by atoms with van der Waals surface area (Å²) in [6, 6.07) is 26.1. The summed E-state index contributed by atoms with van der Waals surface area (Å²) in [5.41, 5.74) is 3.23. The van der Waals surface area contributed by atoms with E-state index in [2.05, 4.69) is 24.3 Å². The number of carboxylic acid groups (broad SMARTS) is 1. The Balaban J connectivity index is 0.00000324. The van der Waals surface area contributed by atoms with Crippen LogP contribution in [0.3, 0.4) is 0 Å². The normalized spacial score (nSPS) is 18.4. The number of ether oxygens (including phenoxy) is 3. The third-order valence-corrected chi connectivity index (χ3v) is 6.04. The molecule has 0 aliphatic heterocycles. The van der Waals surface area contributed by atoms with Gasteiger partial charge in [-0.3, -0.25) is 0 Å². The minimum Gasteiger partial charge on any atom is -0.547 e. The van der Waals surface area contributed by atoms with E-state index in [9.17, 15) is 9.90 Å². The predicted molar refractivity (Wildman–Crippen MR) is 125 cm³/mol. The number of rotatable bonds is 9. The van der Waals surface area contributed by atoms with Crippen LogP contribution < -0.4 is 44.1 Å². The van der Waals surface area contributed by atoms with Crippen molar-refractivity contribution < 1.29 is 53.7 Å². The van der Waals surface area contributed by atoms with Crippen molar-refractivity contribution in [2.75, 3.05) is 7.11 Å². The molecule has 0 amide bonds. The van der Waals surface area contributed by atoms with Gasteiger partial charge in [0.05, 0.1) is 5.97 Å². The topological polar surface area (TPSA) is 67.8 Å². The van der Waals surface area contributed by atoms with Gasteiger partial charge in [-0.25, -0.2) is 0 Å². The smallest absolute Gasteiger partial charge is 0.547 e. The molecule has 3 atom stereocenters. The second-order valence-electron chi connectivity index (χ2n) is 8.43. The molecule has 0 aromatic heterocycles. The second kappa shape index (κ2) is 13.0. The number of methoxy groups -OCH3 is 1. The summed E-state index contributed by atoms with van der Waals surface area (Å²) in [6.07, 6.45) is 3.42. The zero-order valence-electron chi connectivity index (χ0n) is 19.8. The number of aliphatic carboxylic acids is 1. The number of carboxylic acids is 1. The second-order valence-corrected chi connectivity index (χ2v) is 8.43. The van der Waals surface area contributed by atoms with Crippen molar-refractivity contribution in [1.82, 2.24) is 0 Å². The molecular weight excluding hydrogens is 439 g/mol. The van der Waals surface area contributed by atoms with E-state index in [1.165, 1.54) is 18.2 Å². The summed E-state index contributed by atoms with van der Waals surface area (Å²) in [5, 5.41) is 11.0. The average molecular weight is 469 g/mol. The van der Waals surface area contributed by atoms with Gasteiger partial charge in [-0.15, -0.1) is 0 Å². The SMILES string of the molecule is CO[C@@H](Cc1ccc(O[C@@H]2CCC[C@@H](Oc3ccc(-c4ccccc4)cc3)C2)cc1)C(=O)[O-].[Na+]. The Morgan fingerprint density at radius 1 is 0.853 bits per heavy atom.